The second kappa shape index (κ2) is 5.89. The molecule has 0 amide bonds. The Balaban J connectivity index is 1.91. The number of hydrogen-bond acceptors (Lipinski definition) is 6. The van der Waals surface area contributed by atoms with Crippen LogP contribution in [0.3, 0.4) is 0 Å². The predicted octanol–water partition coefficient (Wildman–Crippen LogP) is 4.60. The first-order chi connectivity index (χ1) is 14.2. The Hall–Kier alpha value is -3.71. The van der Waals surface area contributed by atoms with Gasteiger partial charge in [-0.3, -0.25) is 4.79 Å². The molecule has 2 aromatic carbocycles. The van der Waals surface area contributed by atoms with E-state index in [1.165, 1.54) is 23.2 Å². The summed E-state index contributed by atoms with van der Waals surface area (Å²) in [5.41, 5.74) is 5.85. The van der Waals surface area contributed by atoms with E-state index < -0.39 is 0 Å². The smallest absolute Gasteiger partial charge is 0.268 e. The molecule has 0 spiro atoms. The van der Waals surface area contributed by atoms with Crippen LogP contribution in [0.4, 0.5) is 0 Å². The number of pyridine rings is 1. The minimum Gasteiger partial charge on any atom is -0.312 e. The molecule has 0 unspecified atom stereocenters. The lowest BCUT2D eigenvalue weighted by atomic mass is 9.99. The summed E-state index contributed by atoms with van der Waals surface area (Å²) in [5.74, 6) is 0. The van der Waals surface area contributed by atoms with Gasteiger partial charge in [0.1, 0.15) is 20.6 Å². The largest absolute Gasteiger partial charge is 0.312 e. The maximum Gasteiger partial charge on any atom is 0.268 e. The highest BCUT2D eigenvalue weighted by Crippen LogP contribution is 2.41. The second-order valence-electron chi connectivity index (χ2n) is 6.96. The summed E-state index contributed by atoms with van der Waals surface area (Å²) in [4.78, 5) is 25.2. The zero-order valence-corrected chi connectivity index (χ0v) is 16.1. The van der Waals surface area contributed by atoms with Crippen LogP contribution in [0.1, 0.15) is 5.56 Å². The lowest BCUT2D eigenvalue weighted by molar-refractivity contribution is 1.12. The molecule has 6 aromatic rings. The number of fused-ring (bicyclic) bond motifs is 6. The number of thiophene rings is 1. The van der Waals surface area contributed by atoms with Crippen molar-refractivity contribution in [2.75, 3.05) is 0 Å². The first-order valence-electron chi connectivity index (χ1n) is 9.13. The standard InChI is InChI=1S/C22H13N5OS/c1-11-6-8-12(9-7-11)15-16-19-20(21(28)24-10-23-19)29-22(16)25-17-13-4-2-3-5-14(13)26-27-18(15)17/h2-10H,1H3,(H,23,24,28). The van der Waals surface area contributed by atoms with Gasteiger partial charge in [0.25, 0.3) is 5.56 Å². The van der Waals surface area contributed by atoms with E-state index in [1.807, 2.05) is 24.3 Å². The van der Waals surface area contributed by atoms with Crippen molar-refractivity contribution in [2.24, 2.45) is 0 Å². The van der Waals surface area contributed by atoms with Gasteiger partial charge in [0.05, 0.1) is 17.4 Å². The van der Waals surface area contributed by atoms with Crippen LogP contribution in [-0.2, 0) is 0 Å². The van der Waals surface area contributed by atoms with Gasteiger partial charge in [-0.2, -0.15) is 0 Å². The van der Waals surface area contributed by atoms with E-state index in [0.717, 1.165) is 37.8 Å². The fourth-order valence-electron chi connectivity index (χ4n) is 3.76. The first-order valence-corrected chi connectivity index (χ1v) is 9.94. The number of aromatic amines is 1. The Morgan fingerprint density at radius 3 is 2.62 bits per heavy atom. The molecular formula is C22H13N5OS. The summed E-state index contributed by atoms with van der Waals surface area (Å²) in [6, 6.07) is 16.1. The average Bonchev–Trinajstić information content (AvgIpc) is 3.12. The third kappa shape index (κ3) is 2.31. The molecule has 4 aromatic heterocycles. The van der Waals surface area contributed by atoms with Gasteiger partial charge >= 0.3 is 0 Å². The molecule has 7 heteroatoms. The summed E-state index contributed by atoms with van der Waals surface area (Å²) < 4.78 is 0.566. The van der Waals surface area contributed by atoms with Crippen molar-refractivity contribution in [1.82, 2.24) is 25.1 Å². The maximum absolute atomic E-state index is 12.4. The summed E-state index contributed by atoms with van der Waals surface area (Å²) in [6.07, 6.45) is 1.44. The van der Waals surface area contributed by atoms with Crippen molar-refractivity contribution in [3.63, 3.8) is 0 Å². The molecule has 0 aliphatic rings. The Kier molecular flexibility index (Phi) is 3.30. The minimum absolute atomic E-state index is 0.159. The van der Waals surface area contributed by atoms with Gasteiger partial charge in [-0.25, -0.2) is 9.97 Å². The normalized spacial score (nSPS) is 11.8. The average molecular weight is 395 g/mol. The highest BCUT2D eigenvalue weighted by atomic mass is 32.1. The number of rotatable bonds is 1. The fraction of sp³-hybridized carbons (Fsp3) is 0.0455. The van der Waals surface area contributed by atoms with E-state index in [0.29, 0.717) is 15.7 Å². The van der Waals surface area contributed by atoms with Crippen LogP contribution in [0.25, 0.3) is 53.5 Å². The Labute approximate surface area is 167 Å². The van der Waals surface area contributed by atoms with Crippen molar-refractivity contribution in [3.8, 4) is 11.1 Å². The summed E-state index contributed by atoms with van der Waals surface area (Å²) in [7, 11) is 0. The Morgan fingerprint density at radius 2 is 1.76 bits per heavy atom. The molecule has 0 atom stereocenters. The van der Waals surface area contributed by atoms with Crippen molar-refractivity contribution < 1.29 is 0 Å². The van der Waals surface area contributed by atoms with Crippen LogP contribution in [0.5, 0.6) is 0 Å². The maximum atomic E-state index is 12.4. The van der Waals surface area contributed by atoms with E-state index in [2.05, 4.69) is 51.4 Å². The number of H-pyrrole nitrogens is 1. The van der Waals surface area contributed by atoms with Crippen LogP contribution in [0.2, 0.25) is 0 Å². The van der Waals surface area contributed by atoms with Crippen LogP contribution < -0.4 is 5.56 Å². The van der Waals surface area contributed by atoms with E-state index in [1.54, 1.807) is 0 Å². The quantitative estimate of drug-likeness (QED) is 0.411. The Morgan fingerprint density at radius 1 is 0.931 bits per heavy atom. The van der Waals surface area contributed by atoms with Crippen molar-refractivity contribution in [1.29, 1.82) is 0 Å². The van der Waals surface area contributed by atoms with Crippen molar-refractivity contribution in [3.05, 3.63) is 70.8 Å². The SMILES string of the molecule is Cc1ccc(-c2c3nnc4ccccc4c3nc3sc4c(=O)[nH]cnc4c23)cc1. The second-order valence-corrected chi connectivity index (χ2v) is 7.96. The molecule has 0 aliphatic carbocycles. The lowest BCUT2D eigenvalue weighted by Gasteiger charge is -2.10. The molecule has 0 saturated heterocycles. The number of aromatic nitrogens is 5. The lowest BCUT2D eigenvalue weighted by Crippen LogP contribution is -2.03. The van der Waals surface area contributed by atoms with E-state index in [-0.39, 0.29) is 5.56 Å². The Bertz CT molecular complexity index is 1630. The topological polar surface area (TPSA) is 84.4 Å². The summed E-state index contributed by atoms with van der Waals surface area (Å²) in [6.45, 7) is 2.05. The molecule has 6 rings (SSSR count). The van der Waals surface area contributed by atoms with Crippen LogP contribution >= 0.6 is 11.3 Å². The van der Waals surface area contributed by atoms with Crippen molar-refractivity contribution in [2.45, 2.75) is 6.92 Å². The van der Waals surface area contributed by atoms with E-state index in [9.17, 15) is 4.79 Å². The molecule has 0 bridgehead atoms. The molecule has 6 nitrogen and oxygen atoms in total. The van der Waals surface area contributed by atoms with Crippen LogP contribution in [0.15, 0.2) is 59.7 Å². The molecular weight excluding hydrogens is 382 g/mol. The summed E-state index contributed by atoms with van der Waals surface area (Å²) in [5, 5.41) is 10.8. The van der Waals surface area contributed by atoms with Crippen molar-refractivity contribution >= 4 is 53.7 Å². The fourth-order valence-corrected chi connectivity index (χ4v) is 4.79. The minimum atomic E-state index is -0.159. The highest BCUT2D eigenvalue weighted by Gasteiger charge is 2.21. The third-order valence-electron chi connectivity index (χ3n) is 5.14. The van der Waals surface area contributed by atoms with Gasteiger partial charge < -0.3 is 4.98 Å². The van der Waals surface area contributed by atoms with E-state index in [4.69, 9.17) is 4.98 Å². The molecule has 29 heavy (non-hydrogen) atoms. The first kappa shape index (κ1) is 16.3. The zero-order valence-electron chi connectivity index (χ0n) is 15.3. The van der Waals surface area contributed by atoms with Crippen LogP contribution in [0, 0.1) is 6.92 Å². The zero-order chi connectivity index (χ0) is 19.5. The third-order valence-corrected chi connectivity index (χ3v) is 6.21. The van der Waals surface area contributed by atoms with Gasteiger partial charge in [0, 0.05) is 16.3 Å². The van der Waals surface area contributed by atoms with E-state index >= 15 is 0 Å². The van der Waals surface area contributed by atoms with Gasteiger partial charge in [-0.1, -0.05) is 48.0 Å². The van der Waals surface area contributed by atoms with Gasteiger partial charge in [0.2, 0.25) is 0 Å². The molecule has 0 saturated carbocycles. The molecule has 138 valence electrons. The molecule has 1 N–H and O–H groups in total. The van der Waals surface area contributed by atoms with Gasteiger partial charge in [-0.05, 0) is 18.6 Å². The number of benzene rings is 2. The number of nitrogens with one attached hydrogen (secondary N) is 1. The predicted molar refractivity (Wildman–Crippen MR) is 116 cm³/mol. The molecule has 0 fully saturated rings. The molecule has 4 heterocycles. The number of hydrogen-bond donors (Lipinski definition) is 1. The monoisotopic (exact) mass is 395 g/mol. The number of aryl methyl sites for hydroxylation is 1. The summed E-state index contributed by atoms with van der Waals surface area (Å²) >= 11 is 1.36. The van der Waals surface area contributed by atoms with Gasteiger partial charge in [-0.15, -0.1) is 21.5 Å². The highest BCUT2D eigenvalue weighted by molar-refractivity contribution is 7.25. The number of nitrogens with zero attached hydrogens (tertiary/aromatic N) is 4. The molecule has 0 radical (unpaired) electrons. The van der Waals surface area contributed by atoms with Crippen LogP contribution in [-0.4, -0.2) is 25.1 Å². The van der Waals surface area contributed by atoms with Gasteiger partial charge in [0.15, 0.2) is 0 Å². The molecule has 0 aliphatic heterocycles.